The molecule has 0 aliphatic carbocycles. The van der Waals surface area contributed by atoms with Crippen LogP contribution in [0.5, 0.6) is 23.0 Å². The molecule has 0 unspecified atom stereocenters. The van der Waals surface area contributed by atoms with E-state index in [1.807, 2.05) is 0 Å². The standard InChI is InChI=1S/C25H19F2NO5/c1-30-21-9-6-16(13-24(21)32-3)18(14-28)10-15-4-8-22(23(11-15)31-2)33-25(29)17-5-7-19(26)20(27)12-17/h4-13H,1-3H3/b18-10-. The second kappa shape index (κ2) is 10.3. The van der Waals surface area contributed by atoms with Gasteiger partial charge in [0.25, 0.3) is 0 Å². The summed E-state index contributed by atoms with van der Waals surface area (Å²) in [4.78, 5) is 12.3. The number of esters is 1. The SMILES string of the molecule is COc1ccc(/C(C#N)=C\c2ccc(OC(=O)c3ccc(F)c(F)c3)c(OC)c2)cc1OC. The Hall–Kier alpha value is -4.38. The van der Waals surface area contributed by atoms with Crippen LogP contribution >= 0.6 is 0 Å². The smallest absolute Gasteiger partial charge is 0.343 e. The molecule has 0 spiro atoms. The second-order valence-electron chi connectivity index (χ2n) is 6.67. The number of benzene rings is 3. The summed E-state index contributed by atoms with van der Waals surface area (Å²) in [6.07, 6.45) is 1.63. The molecule has 168 valence electrons. The summed E-state index contributed by atoms with van der Waals surface area (Å²) >= 11 is 0. The maximum atomic E-state index is 13.4. The van der Waals surface area contributed by atoms with Crippen LogP contribution in [0.15, 0.2) is 54.6 Å². The molecule has 3 aromatic carbocycles. The van der Waals surface area contributed by atoms with Gasteiger partial charge in [-0.15, -0.1) is 0 Å². The highest BCUT2D eigenvalue weighted by Gasteiger charge is 2.15. The number of nitrogens with zero attached hydrogens (tertiary/aromatic N) is 1. The van der Waals surface area contributed by atoms with E-state index in [0.29, 0.717) is 28.2 Å². The van der Waals surface area contributed by atoms with Crippen LogP contribution in [-0.2, 0) is 0 Å². The lowest BCUT2D eigenvalue weighted by molar-refractivity contribution is 0.0729. The minimum atomic E-state index is -1.16. The number of carbonyl (C=O) groups excluding carboxylic acids is 1. The lowest BCUT2D eigenvalue weighted by atomic mass is 10.0. The number of halogens is 2. The van der Waals surface area contributed by atoms with Crippen molar-refractivity contribution in [2.75, 3.05) is 21.3 Å². The molecule has 3 aromatic rings. The van der Waals surface area contributed by atoms with Crippen LogP contribution < -0.4 is 18.9 Å². The molecular formula is C25H19F2NO5. The van der Waals surface area contributed by atoms with Gasteiger partial charge >= 0.3 is 5.97 Å². The molecule has 0 saturated carbocycles. The van der Waals surface area contributed by atoms with Crippen molar-refractivity contribution in [2.45, 2.75) is 0 Å². The van der Waals surface area contributed by atoms with Gasteiger partial charge in [0.2, 0.25) is 0 Å². The highest BCUT2D eigenvalue weighted by Crippen LogP contribution is 2.33. The molecule has 0 fully saturated rings. The molecule has 0 saturated heterocycles. The lowest BCUT2D eigenvalue weighted by Crippen LogP contribution is -2.10. The average molecular weight is 451 g/mol. The third kappa shape index (κ3) is 5.28. The molecule has 6 nitrogen and oxygen atoms in total. The average Bonchev–Trinajstić information content (AvgIpc) is 2.84. The lowest BCUT2D eigenvalue weighted by Gasteiger charge is -2.11. The van der Waals surface area contributed by atoms with Crippen LogP contribution in [0, 0.1) is 23.0 Å². The Morgan fingerprint density at radius 2 is 1.42 bits per heavy atom. The molecule has 8 heteroatoms. The summed E-state index contributed by atoms with van der Waals surface area (Å²) < 4.78 is 47.6. The fourth-order valence-electron chi connectivity index (χ4n) is 2.99. The van der Waals surface area contributed by atoms with Gasteiger partial charge in [-0.1, -0.05) is 6.07 Å². The van der Waals surface area contributed by atoms with E-state index in [9.17, 15) is 18.8 Å². The number of rotatable bonds is 7. The first kappa shape index (κ1) is 23.3. The van der Waals surface area contributed by atoms with Gasteiger partial charge in [0, 0.05) is 0 Å². The van der Waals surface area contributed by atoms with Gasteiger partial charge in [-0.25, -0.2) is 13.6 Å². The predicted octanol–water partition coefficient (Wildman–Crippen LogP) is 5.27. The molecule has 0 radical (unpaired) electrons. The minimum Gasteiger partial charge on any atom is -0.493 e. The largest absolute Gasteiger partial charge is 0.493 e. The number of carbonyl (C=O) groups is 1. The zero-order chi connectivity index (χ0) is 24.0. The van der Waals surface area contributed by atoms with Crippen molar-refractivity contribution in [2.24, 2.45) is 0 Å². The van der Waals surface area contributed by atoms with Gasteiger partial charge in [-0.3, -0.25) is 0 Å². The number of allylic oxidation sites excluding steroid dienone is 1. The van der Waals surface area contributed by atoms with E-state index >= 15 is 0 Å². The fraction of sp³-hybridized carbons (Fsp3) is 0.120. The zero-order valence-corrected chi connectivity index (χ0v) is 18.0. The quantitative estimate of drug-likeness (QED) is 0.211. The Morgan fingerprint density at radius 3 is 2.06 bits per heavy atom. The van der Waals surface area contributed by atoms with Crippen molar-refractivity contribution in [3.63, 3.8) is 0 Å². The monoisotopic (exact) mass is 451 g/mol. The summed E-state index contributed by atoms with van der Waals surface area (Å²) in [5, 5.41) is 9.65. The molecule has 0 aliphatic rings. The third-order valence-corrected chi connectivity index (χ3v) is 4.67. The van der Waals surface area contributed by atoms with Crippen molar-refractivity contribution in [1.82, 2.24) is 0 Å². The minimum absolute atomic E-state index is 0.0778. The Kier molecular flexibility index (Phi) is 7.26. The van der Waals surface area contributed by atoms with Gasteiger partial charge in [0.15, 0.2) is 34.6 Å². The third-order valence-electron chi connectivity index (χ3n) is 4.67. The van der Waals surface area contributed by atoms with Crippen LogP contribution in [0.4, 0.5) is 8.78 Å². The number of hydrogen-bond acceptors (Lipinski definition) is 6. The number of ether oxygens (including phenoxy) is 4. The van der Waals surface area contributed by atoms with Crippen molar-refractivity contribution in [1.29, 1.82) is 5.26 Å². The van der Waals surface area contributed by atoms with E-state index in [2.05, 4.69) is 6.07 Å². The number of nitriles is 1. The molecule has 0 N–H and O–H groups in total. The zero-order valence-electron chi connectivity index (χ0n) is 18.0. The highest BCUT2D eigenvalue weighted by atomic mass is 19.2. The van der Waals surface area contributed by atoms with Crippen LogP contribution in [0.1, 0.15) is 21.5 Å². The molecular weight excluding hydrogens is 432 g/mol. The summed E-state index contributed by atoms with van der Waals surface area (Å²) in [5.74, 6) is -1.79. The van der Waals surface area contributed by atoms with E-state index in [-0.39, 0.29) is 17.1 Å². The first-order valence-corrected chi connectivity index (χ1v) is 9.59. The normalized spacial score (nSPS) is 10.8. The summed E-state index contributed by atoms with van der Waals surface area (Å²) in [6.45, 7) is 0. The molecule has 0 amide bonds. The topological polar surface area (TPSA) is 77.8 Å². The first-order valence-electron chi connectivity index (χ1n) is 9.59. The van der Waals surface area contributed by atoms with Crippen LogP contribution in [0.2, 0.25) is 0 Å². The second-order valence-corrected chi connectivity index (χ2v) is 6.67. The summed E-state index contributed by atoms with van der Waals surface area (Å²) in [7, 11) is 4.41. The van der Waals surface area contributed by atoms with Crippen LogP contribution in [0.25, 0.3) is 11.6 Å². The maximum Gasteiger partial charge on any atom is 0.343 e. The number of methoxy groups -OCH3 is 3. The summed E-state index contributed by atoms with van der Waals surface area (Å²) in [5.41, 5.74) is 1.42. The molecule has 33 heavy (non-hydrogen) atoms. The fourth-order valence-corrected chi connectivity index (χ4v) is 2.99. The van der Waals surface area contributed by atoms with E-state index in [1.165, 1.54) is 27.4 Å². The molecule has 0 bridgehead atoms. The molecule has 0 heterocycles. The van der Waals surface area contributed by atoms with Gasteiger partial charge in [0.05, 0.1) is 38.5 Å². The van der Waals surface area contributed by atoms with Crippen molar-refractivity contribution >= 4 is 17.6 Å². The van der Waals surface area contributed by atoms with Gasteiger partial charge in [0.1, 0.15) is 0 Å². The number of hydrogen-bond donors (Lipinski definition) is 0. The maximum absolute atomic E-state index is 13.4. The van der Waals surface area contributed by atoms with Gasteiger partial charge < -0.3 is 18.9 Å². The Labute approximate surface area is 189 Å². The van der Waals surface area contributed by atoms with Crippen LogP contribution in [0.3, 0.4) is 0 Å². The van der Waals surface area contributed by atoms with Crippen molar-refractivity contribution < 1.29 is 32.5 Å². The van der Waals surface area contributed by atoms with E-state index < -0.39 is 17.6 Å². The molecule has 0 aromatic heterocycles. The Balaban J connectivity index is 1.89. The van der Waals surface area contributed by atoms with E-state index in [0.717, 1.165) is 18.2 Å². The van der Waals surface area contributed by atoms with E-state index in [4.69, 9.17) is 18.9 Å². The highest BCUT2D eigenvalue weighted by molar-refractivity contribution is 5.92. The van der Waals surface area contributed by atoms with Crippen molar-refractivity contribution in [3.05, 3.63) is 82.9 Å². The predicted molar refractivity (Wildman–Crippen MR) is 117 cm³/mol. The van der Waals surface area contributed by atoms with Crippen molar-refractivity contribution in [3.8, 4) is 29.1 Å². The Morgan fingerprint density at radius 1 is 0.788 bits per heavy atom. The first-order chi connectivity index (χ1) is 15.9. The van der Waals surface area contributed by atoms with Crippen LogP contribution in [-0.4, -0.2) is 27.3 Å². The molecule has 0 aliphatic heterocycles. The molecule has 3 rings (SSSR count). The van der Waals surface area contributed by atoms with E-state index in [1.54, 1.807) is 36.4 Å². The van der Waals surface area contributed by atoms with Gasteiger partial charge in [-0.05, 0) is 65.7 Å². The summed E-state index contributed by atoms with van der Waals surface area (Å²) in [6, 6.07) is 14.6. The Bertz CT molecular complexity index is 1260. The molecule has 0 atom stereocenters. The van der Waals surface area contributed by atoms with Gasteiger partial charge in [-0.2, -0.15) is 5.26 Å².